The molecule has 2 aliphatic heterocycles. The second kappa shape index (κ2) is 8.00. The number of rotatable bonds is 3. The number of halogens is 2. The minimum Gasteiger partial charge on any atom is -0.312 e. The predicted octanol–water partition coefficient (Wildman–Crippen LogP) is 4.29. The average molecular weight is 507 g/mol. The Bertz CT molecular complexity index is 1290. The van der Waals surface area contributed by atoms with Gasteiger partial charge in [-0.05, 0) is 74.1 Å². The lowest BCUT2D eigenvalue weighted by Crippen LogP contribution is -2.44. The number of benzene rings is 2. The first-order valence-corrected chi connectivity index (χ1v) is 13.7. The van der Waals surface area contributed by atoms with Crippen molar-refractivity contribution < 1.29 is 18.0 Å². The van der Waals surface area contributed by atoms with Gasteiger partial charge in [0.1, 0.15) is 0 Å². The average Bonchev–Trinajstić information content (AvgIpc) is 3.44. The second-order valence-corrected chi connectivity index (χ2v) is 12.1. The molecule has 5 rings (SSSR count). The van der Waals surface area contributed by atoms with Gasteiger partial charge < -0.3 is 9.80 Å². The summed E-state index contributed by atoms with van der Waals surface area (Å²) in [6.45, 7) is 2.49. The molecular formula is C24H24Cl2N2O4S. The minimum absolute atomic E-state index is 0.0121. The molecule has 3 atom stereocenters. The van der Waals surface area contributed by atoms with Gasteiger partial charge in [-0.3, -0.25) is 9.59 Å². The van der Waals surface area contributed by atoms with Gasteiger partial charge in [0.2, 0.25) is 11.8 Å². The molecule has 2 aromatic rings. The van der Waals surface area contributed by atoms with Crippen molar-refractivity contribution in [1.29, 1.82) is 0 Å². The molecule has 2 heterocycles. The number of carbonyl (C=O) groups is 2. The van der Waals surface area contributed by atoms with Crippen LogP contribution in [0.4, 0.5) is 11.4 Å². The van der Waals surface area contributed by atoms with Crippen LogP contribution >= 0.6 is 23.2 Å². The molecule has 1 fully saturated rings. The Kier molecular flexibility index (Phi) is 5.50. The summed E-state index contributed by atoms with van der Waals surface area (Å²) in [5.74, 6) is -0.900. The van der Waals surface area contributed by atoms with Crippen LogP contribution in [0.2, 0.25) is 10.0 Å². The van der Waals surface area contributed by atoms with Crippen molar-refractivity contribution in [3.05, 3.63) is 51.5 Å². The summed E-state index contributed by atoms with van der Waals surface area (Å²) < 4.78 is 23.7. The Morgan fingerprint density at radius 3 is 2.45 bits per heavy atom. The van der Waals surface area contributed by atoms with Crippen molar-refractivity contribution in [3.8, 4) is 0 Å². The van der Waals surface area contributed by atoms with Crippen LogP contribution in [0.5, 0.6) is 0 Å². The molecule has 174 valence electrons. The van der Waals surface area contributed by atoms with Crippen molar-refractivity contribution >= 4 is 56.2 Å². The van der Waals surface area contributed by atoms with E-state index >= 15 is 0 Å². The molecule has 3 aliphatic rings. The molecule has 1 saturated carbocycles. The molecule has 2 aromatic carbocycles. The van der Waals surface area contributed by atoms with Gasteiger partial charge in [-0.1, -0.05) is 23.2 Å². The van der Waals surface area contributed by atoms with Crippen LogP contribution in [-0.4, -0.2) is 39.1 Å². The van der Waals surface area contributed by atoms with Gasteiger partial charge in [0.15, 0.2) is 9.84 Å². The quantitative estimate of drug-likeness (QED) is 0.622. The lowest BCUT2D eigenvalue weighted by Gasteiger charge is -2.36. The first-order valence-electron chi connectivity index (χ1n) is 11.0. The molecule has 0 bridgehead atoms. The zero-order chi connectivity index (χ0) is 23.7. The Hall–Kier alpha value is -2.09. The summed E-state index contributed by atoms with van der Waals surface area (Å²) in [6, 6.07) is 8.38. The maximum Gasteiger partial charge on any atom is 0.231 e. The van der Waals surface area contributed by atoms with E-state index in [9.17, 15) is 18.0 Å². The fourth-order valence-electron chi connectivity index (χ4n) is 5.08. The lowest BCUT2D eigenvalue weighted by molar-refractivity contribution is -0.124. The number of amides is 2. The number of sulfone groups is 1. The van der Waals surface area contributed by atoms with Crippen LogP contribution < -0.4 is 9.80 Å². The number of fused-ring (bicyclic) bond motifs is 2. The maximum atomic E-state index is 13.5. The van der Waals surface area contributed by atoms with E-state index in [2.05, 4.69) is 0 Å². The number of hydrogen-bond donors (Lipinski definition) is 0. The van der Waals surface area contributed by atoms with Gasteiger partial charge in [-0.25, -0.2) is 8.42 Å². The highest BCUT2D eigenvalue weighted by atomic mass is 35.5. The number of nitrogens with zero attached hydrogens (tertiary/aromatic N) is 2. The number of hydrogen-bond acceptors (Lipinski definition) is 4. The standard InChI is InChI=1S/C24H24Cl2N2O4S/c1-13-3-4-15-9-16(25)11-20(26)22(15)28(13)24(30)19-12-18(19)23(29)27-8-7-14-10-17(33(2,31)32)5-6-21(14)27/h5-6,9-11,13,18-19H,3-4,7-8,12H2,1-2H3. The van der Waals surface area contributed by atoms with E-state index in [1.165, 1.54) is 12.3 Å². The van der Waals surface area contributed by atoms with Crippen LogP contribution in [0.25, 0.3) is 0 Å². The molecule has 0 saturated heterocycles. The summed E-state index contributed by atoms with van der Waals surface area (Å²) in [6.07, 6.45) is 3.89. The maximum absolute atomic E-state index is 13.5. The van der Waals surface area contributed by atoms with Crippen LogP contribution in [0.15, 0.2) is 35.2 Å². The summed E-state index contributed by atoms with van der Waals surface area (Å²) in [4.78, 5) is 30.5. The fraction of sp³-hybridized carbons (Fsp3) is 0.417. The van der Waals surface area contributed by atoms with Crippen LogP contribution in [0.1, 0.15) is 30.9 Å². The summed E-state index contributed by atoms with van der Waals surface area (Å²) in [5, 5.41) is 1.00. The summed E-state index contributed by atoms with van der Waals surface area (Å²) >= 11 is 12.6. The van der Waals surface area contributed by atoms with Gasteiger partial charge in [0.05, 0.1) is 27.4 Å². The van der Waals surface area contributed by atoms with Gasteiger partial charge >= 0.3 is 0 Å². The largest absolute Gasteiger partial charge is 0.312 e. The van der Waals surface area contributed by atoms with Crippen LogP contribution in [-0.2, 0) is 32.3 Å². The van der Waals surface area contributed by atoms with Crippen molar-refractivity contribution in [2.24, 2.45) is 11.8 Å². The Labute approximate surface area is 203 Å². The SMILES string of the molecule is CC1CCc2cc(Cl)cc(Cl)c2N1C(=O)C1CC1C(=O)N1CCc2cc(S(C)(=O)=O)ccc21. The molecule has 1 aliphatic carbocycles. The van der Waals surface area contributed by atoms with E-state index < -0.39 is 9.84 Å². The molecule has 0 spiro atoms. The van der Waals surface area contributed by atoms with Crippen molar-refractivity contribution in [3.63, 3.8) is 0 Å². The first kappa shape index (κ1) is 22.7. The molecule has 33 heavy (non-hydrogen) atoms. The lowest BCUT2D eigenvalue weighted by atomic mass is 9.96. The minimum atomic E-state index is -3.31. The number of carbonyl (C=O) groups excluding carboxylic acids is 2. The fourth-order valence-corrected chi connectivity index (χ4v) is 6.38. The summed E-state index contributed by atoms with van der Waals surface area (Å²) in [5.41, 5.74) is 3.25. The Balaban J connectivity index is 1.36. The highest BCUT2D eigenvalue weighted by molar-refractivity contribution is 7.90. The van der Waals surface area contributed by atoms with E-state index in [0.29, 0.717) is 35.1 Å². The van der Waals surface area contributed by atoms with E-state index in [1.54, 1.807) is 28.0 Å². The summed E-state index contributed by atoms with van der Waals surface area (Å²) in [7, 11) is -3.31. The van der Waals surface area contributed by atoms with E-state index in [-0.39, 0.29) is 34.6 Å². The third-order valence-corrected chi connectivity index (χ3v) is 8.54. The third-order valence-electron chi connectivity index (χ3n) is 6.92. The number of anilines is 2. The van der Waals surface area contributed by atoms with Crippen LogP contribution in [0, 0.1) is 11.8 Å². The molecule has 0 aromatic heterocycles. The molecule has 3 unspecified atom stereocenters. The highest BCUT2D eigenvalue weighted by Gasteiger charge is 2.53. The van der Waals surface area contributed by atoms with E-state index in [1.807, 2.05) is 13.0 Å². The van der Waals surface area contributed by atoms with Crippen molar-refractivity contribution in [2.45, 2.75) is 43.5 Å². The first-order chi connectivity index (χ1) is 15.6. The van der Waals surface area contributed by atoms with Gasteiger partial charge in [-0.15, -0.1) is 0 Å². The van der Waals surface area contributed by atoms with Gasteiger partial charge in [-0.2, -0.15) is 0 Å². The van der Waals surface area contributed by atoms with Crippen molar-refractivity contribution in [2.75, 3.05) is 22.6 Å². The Morgan fingerprint density at radius 2 is 1.73 bits per heavy atom. The topological polar surface area (TPSA) is 74.8 Å². The highest BCUT2D eigenvalue weighted by Crippen LogP contribution is 2.47. The normalized spacial score (nSPS) is 23.8. The smallest absolute Gasteiger partial charge is 0.231 e. The second-order valence-electron chi connectivity index (χ2n) is 9.24. The molecule has 9 heteroatoms. The van der Waals surface area contributed by atoms with Gasteiger partial charge in [0.25, 0.3) is 0 Å². The van der Waals surface area contributed by atoms with E-state index in [4.69, 9.17) is 23.2 Å². The van der Waals surface area contributed by atoms with Crippen molar-refractivity contribution in [1.82, 2.24) is 0 Å². The zero-order valence-corrected chi connectivity index (χ0v) is 20.7. The Morgan fingerprint density at radius 1 is 1.00 bits per heavy atom. The molecule has 6 nitrogen and oxygen atoms in total. The molecule has 2 amide bonds. The monoisotopic (exact) mass is 506 g/mol. The third kappa shape index (κ3) is 3.94. The van der Waals surface area contributed by atoms with Crippen LogP contribution in [0.3, 0.4) is 0 Å². The molecule has 0 N–H and O–H groups in total. The predicted molar refractivity (Wildman–Crippen MR) is 129 cm³/mol. The molecular weight excluding hydrogens is 483 g/mol. The number of aryl methyl sites for hydroxylation is 1. The molecule has 0 radical (unpaired) electrons. The van der Waals surface area contributed by atoms with E-state index in [0.717, 1.165) is 29.7 Å². The zero-order valence-electron chi connectivity index (χ0n) is 18.3. The van der Waals surface area contributed by atoms with Gasteiger partial charge in [0, 0.05) is 29.6 Å².